The van der Waals surface area contributed by atoms with Crippen LogP contribution < -0.4 is 13.8 Å². The topological polar surface area (TPSA) is 102 Å². The monoisotopic (exact) mass is 440 g/mol. The van der Waals surface area contributed by atoms with E-state index in [-0.39, 0.29) is 17.8 Å². The largest absolute Gasteiger partial charge is 0.486 e. The van der Waals surface area contributed by atoms with E-state index in [2.05, 4.69) is 0 Å². The Bertz CT molecular complexity index is 894. The number of esters is 1. The Kier molecular flexibility index (Phi) is 6.74. The van der Waals surface area contributed by atoms with Crippen LogP contribution in [0.5, 0.6) is 11.5 Å². The summed E-state index contributed by atoms with van der Waals surface area (Å²) < 4.78 is 42.3. The summed E-state index contributed by atoms with van der Waals surface area (Å²) in [5, 5.41) is 0. The molecule has 0 bridgehead atoms. The SMILES string of the molecule is CCOC(=O)C1CCN(C(=O)[C@H](C)N(c2ccc3c(c2)OCCO3)S(C)(=O)=O)CC1. The van der Waals surface area contributed by atoms with Gasteiger partial charge < -0.3 is 19.1 Å². The lowest BCUT2D eigenvalue weighted by Gasteiger charge is -2.36. The van der Waals surface area contributed by atoms with Crippen molar-refractivity contribution in [3.8, 4) is 11.5 Å². The van der Waals surface area contributed by atoms with Crippen LogP contribution in [0.15, 0.2) is 18.2 Å². The number of hydrogen-bond acceptors (Lipinski definition) is 7. The van der Waals surface area contributed by atoms with Crippen molar-refractivity contribution in [1.29, 1.82) is 0 Å². The molecule has 166 valence electrons. The van der Waals surface area contributed by atoms with Crippen LogP contribution in [0.3, 0.4) is 0 Å². The Morgan fingerprint density at radius 2 is 1.83 bits per heavy atom. The maximum atomic E-state index is 13.1. The van der Waals surface area contributed by atoms with Gasteiger partial charge in [0.05, 0.1) is 24.5 Å². The number of carbonyl (C=O) groups excluding carboxylic acids is 2. The minimum atomic E-state index is -3.74. The number of hydrogen-bond donors (Lipinski definition) is 0. The van der Waals surface area contributed by atoms with Gasteiger partial charge in [-0.15, -0.1) is 0 Å². The molecule has 2 aliphatic heterocycles. The van der Waals surface area contributed by atoms with Crippen LogP contribution in [0, 0.1) is 5.92 Å². The normalized spacial score (nSPS) is 17.9. The first-order valence-electron chi connectivity index (χ1n) is 10.1. The predicted molar refractivity (Wildman–Crippen MR) is 110 cm³/mol. The number of likely N-dealkylation sites (tertiary alicyclic amines) is 1. The summed E-state index contributed by atoms with van der Waals surface area (Å²) in [4.78, 5) is 26.6. The lowest BCUT2D eigenvalue weighted by molar-refractivity contribution is -0.151. The molecule has 1 saturated heterocycles. The second-order valence-electron chi connectivity index (χ2n) is 7.41. The summed E-state index contributed by atoms with van der Waals surface area (Å²) in [5.74, 6) is 0.207. The van der Waals surface area contributed by atoms with Gasteiger partial charge in [-0.3, -0.25) is 13.9 Å². The Hall–Kier alpha value is -2.49. The molecule has 0 aliphatic carbocycles. The van der Waals surface area contributed by atoms with Gasteiger partial charge in [-0.1, -0.05) is 0 Å². The fourth-order valence-corrected chi connectivity index (χ4v) is 4.99. The average Bonchev–Trinajstić information content (AvgIpc) is 2.72. The molecule has 0 radical (unpaired) electrons. The van der Waals surface area contributed by atoms with Crippen LogP contribution in [0.25, 0.3) is 0 Å². The van der Waals surface area contributed by atoms with Crippen LogP contribution in [-0.2, 0) is 24.3 Å². The van der Waals surface area contributed by atoms with Gasteiger partial charge in [-0.25, -0.2) is 8.42 Å². The minimum Gasteiger partial charge on any atom is -0.486 e. The fraction of sp³-hybridized carbons (Fsp3) is 0.600. The van der Waals surface area contributed by atoms with Crippen molar-refractivity contribution in [1.82, 2.24) is 4.90 Å². The maximum absolute atomic E-state index is 13.1. The molecule has 1 fully saturated rings. The van der Waals surface area contributed by atoms with E-state index in [0.29, 0.717) is 62.9 Å². The maximum Gasteiger partial charge on any atom is 0.309 e. The number of benzene rings is 1. The lowest BCUT2D eigenvalue weighted by Crippen LogP contribution is -2.51. The molecule has 1 atom stereocenters. The third-order valence-corrected chi connectivity index (χ3v) is 6.51. The van der Waals surface area contributed by atoms with Crippen molar-refractivity contribution in [3.63, 3.8) is 0 Å². The van der Waals surface area contributed by atoms with Crippen molar-refractivity contribution >= 4 is 27.6 Å². The van der Waals surface area contributed by atoms with E-state index in [9.17, 15) is 18.0 Å². The third-order valence-electron chi connectivity index (χ3n) is 5.27. The van der Waals surface area contributed by atoms with Crippen LogP contribution in [0.4, 0.5) is 5.69 Å². The van der Waals surface area contributed by atoms with Crippen LogP contribution in [0.1, 0.15) is 26.7 Å². The highest BCUT2D eigenvalue weighted by Crippen LogP contribution is 2.35. The van der Waals surface area contributed by atoms with Crippen molar-refractivity contribution in [2.45, 2.75) is 32.7 Å². The van der Waals surface area contributed by atoms with E-state index in [1.807, 2.05) is 0 Å². The second-order valence-corrected chi connectivity index (χ2v) is 9.27. The van der Waals surface area contributed by atoms with Gasteiger partial charge in [0.1, 0.15) is 19.3 Å². The highest BCUT2D eigenvalue weighted by Gasteiger charge is 2.35. The fourth-order valence-electron chi connectivity index (χ4n) is 3.83. The first-order valence-corrected chi connectivity index (χ1v) is 11.9. The van der Waals surface area contributed by atoms with E-state index in [0.717, 1.165) is 10.6 Å². The third kappa shape index (κ3) is 4.80. The molecule has 0 saturated carbocycles. The van der Waals surface area contributed by atoms with Crippen LogP contribution >= 0.6 is 0 Å². The molecule has 30 heavy (non-hydrogen) atoms. The zero-order valence-corrected chi connectivity index (χ0v) is 18.3. The Morgan fingerprint density at radius 3 is 2.43 bits per heavy atom. The Balaban J connectivity index is 1.76. The molecule has 2 heterocycles. The van der Waals surface area contributed by atoms with E-state index < -0.39 is 16.1 Å². The minimum absolute atomic E-state index is 0.229. The lowest BCUT2D eigenvalue weighted by atomic mass is 9.96. The van der Waals surface area contributed by atoms with Crippen molar-refractivity contribution in [2.75, 3.05) is 43.5 Å². The van der Waals surface area contributed by atoms with Crippen LogP contribution in [0.2, 0.25) is 0 Å². The van der Waals surface area contributed by atoms with Gasteiger partial charge >= 0.3 is 5.97 Å². The molecule has 0 aromatic heterocycles. The predicted octanol–water partition coefficient (Wildman–Crippen LogP) is 1.41. The van der Waals surface area contributed by atoms with Gasteiger partial charge in [0, 0.05) is 19.2 Å². The van der Waals surface area contributed by atoms with Gasteiger partial charge in [0.15, 0.2) is 11.5 Å². The second kappa shape index (κ2) is 9.11. The molecule has 9 nitrogen and oxygen atoms in total. The number of nitrogens with zero attached hydrogens (tertiary/aromatic N) is 2. The van der Waals surface area contributed by atoms with E-state index >= 15 is 0 Å². The molecule has 0 unspecified atom stereocenters. The number of sulfonamides is 1. The summed E-state index contributed by atoms with van der Waals surface area (Å²) in [5.41, 5.74) is 0.337. The summed E-state index contributed by atoms with van der Waals surface area (Å²) in [6.07, 6.45) is 2.07. The number of ether oxygens (including phenoxy) is 3. The van der Waals surface area contributed by atoms with Crippen LogP contribution in [-0.4, -0.2) is 70.4 Å². The van der Waals surface area contributed by atoms with Gasteiger partial charge in [-0.2, -0.15) is 0 Å². The van der Waals surface area contributed by atoms with Crippen molar-refractivity contribution in [3.05, 3.63) is 18.2 Å². The number of fused-ring (bicyclic) bond motifs is 1. The molecule has 0 spiro atoms. The number of piperidine rings is 1. The first-order chi connectivity index (χ1) is 14.2. The summed E-state index contributed by atoms with van der Waals surface area (Å²) in [6, 6.07) is 3.88. The zero-order valence-electron chi connectivity index (χ0n) is 17.5. The molecule has 0 N–H and O–H groups in total. The first kappa shape index (κ1) is 22.2. The molecule has 1 aromatic rings. The zero-order chi connectivity index (χ0) is 21.9. The number of rotatable bonds is 6. The van der Waals surface area contributed by atoms with Crippen molar-refractivity contribution in [2.24, 2.45) is 5.92 Å². The molecule has 1 amide bonds. The highest BCUT2D eigenvalue weighted by atomic mass is 32.2. The molecule has 10 heteroatoms. The van der Waals surface area contributed by atoms with Gasteiger partial charge in [0.2, 0.25) is 15.9 Å². The van der Waals surface area contributed by atoms with E-state index in [1.54, 1.807) is 36.9 Å². The van der Waals surface area contributed by atoms with E-state index in [4.69, 9.17) is 14.2 Å². The number of carbonyl (C=O) groups is 2. The molecular formula is C20H28N2O7S. The summed E-state index contributed by atoms with van der Waals surface area (Å²) >= 11 is 0. The summed E-state index contributed by atoms with van der Waals surface area (Å²) in [6.45, 7) is 5.22. The smallest absolute Gasteiger partial charge is 0.309 e. The average molecular weight is 441 g/mol. The van der Waals surface area contributed by atoms with E-state index in [1.165, 1.54) is 0 Å². The molecular weight excluding hydrogens is 412 g/mol. The molecule has 1 aromatic carbocycles. The number of anilines is 1. The number of amides is 1. The molecule has 3 rings (SSSR count). The Morgan fingerprint density at radius 1 is 1.20 bits per heavy atom. The summed E-state index contributed by atoms with van der Waals surface area (Å²) in [7, 11) is -3.74. The van der Waals surface area contributed by atoms with Gasteiger partial charge in [0.25, 0.3) is 0 Å². The standard InChI is InChI=1S/C20H28N2O7S/c1-4-27-20(24)15-7-9-21(10-8-15)19(23)14(2)22(30(3,25)26)16-5-6-17-18(13-16)29-12-11-28-17/h5-6,13-15H,4,7-12H2,1-3H3/t14-/m0/s1. The van der Waals surface area contributed by atoms with Crippen molar-refractivity contribution < 1.29 is 32.2 Å². The Labute approximate surface area is 176 Å². The van der Waals surface area contributed by atoms with Gasteiger partial charge in [-0.05, 0) is 38.8 Å². The quantitative estimate of drug-likeness (QED) is 0.616. The highest BCUT2D eigenvalue weighted by molar-refractivity contribution is 7.92. The molecule has 2 aliphatic rings.